The highest BCUT2D eigenvalue weighted by molar-refractivity contribution is 6.32. The first-order valence-electron chi connectivity index (χ1n) is 21.9. The number of ether oxygens (including phenoxy) is 2. The number of hydrogen-bond acceptors (Lipinski definition) is 14. The maximum atomic E-state index is 12.9. The molecule has 0 radical (unpaired) electrons. The van der Waals surface area contributed by atoms with Gasteiger partial charge < -0.3 is 20.1 Å². The molecule has 0 atom stereocenters. The maximum absolute atomic E-state index is 12.9. The summed E-state index contributed by atoms with van der Waals surface area (Å²) in [5.74, 6) is 1.00. The van der Waals surface area contributed by atoms with E-state index >= 15 is 0 Å². The number of carbonyl (C=O) groups is 5. The number of aromatic nitrogens is 6. The molecule has 3 aliphatic heterocycles. The second kappa shape index (κ2) is 18.4. The highest BCUT2D eigenvalue weighted by Gasteiger charge is 2.38. The molecule has 5 aliphatic rings. The molecule has 4 aromatic heterocycles. The summed E-state index contributed by atoms with van der Waals surface area (Å²) in [6.45, 7) is 9.18. The first-order valence-corrected chi connectivity index (χ1v) is 22.6. The van der Waals surface area contributed by atoms with E-state index in [0.29, 0.717) is 68.6 Å². The van der Waals surface area contributed by atoms with Gasteiger partial charge in [0.15, 0.2) is 11.3 Å². The fourth-order valence-electron chi connectivity index (χ4n) is 7.72. The van der Waals surface area contributed by atoms with Gasteiger partial charge in [0, 0.05) is 58.7 Å². The number of anilines is 4. The third-order valence-corrected chi connectivity index (χ3v) is 11.6. The molecule has 2 saturated carbocycles. The molecule has 0 bridgehead atoms. The average molecular weight is 940 g/mol. The molecule has 0 spiro atoms. The smallest absolute Gasteiger partial charge is 0.416 e. The molecule has 1 aromatic carbocycles. The molecule has 7 heterocycles. The van der Waals surface area contributed by atoms with Gasteiger partial charge in [-0.15, -0.1) is 0 Å². The van der Waals surface area contributed by atoms with Gasteiger partial charge in [-0.25, -0.2) is 14.8 Å². The molecule has 5 fully saturated rings. The summed E-state index contributed by atoms with van der Waals surface area (Å²) in [5, 5.41) is 20.9. The Bertz CT molecular complexity index is 2840. The van der Waals surface area contributed by atoms with Crippen molar-refractivity contribution >= 4 is 99.5 Å². The van der Waals surface area contributed by atoms with E-state index in [0.717, 1.165) is 56.8 Å². The Balaban J connectivity index is 0.000000171. The number of amides is 5. The van der Waals surface area contributed by atoms with Gasteiger partial charge in [-0.05, 0) is 103 Å². The van der Waals surface area contributed by atoms with Crippen LogP contribution in [0.4, 0.5) is 27.9 Å². The lowest BCUT2D eigenvalue weighted by Gasteiger charge is -2.27. The number of likely N-dealkylation sites (tertiary alicyclic amines) is 1. The van der Waals surface area contributed by atoms with Gasteiger partial charge in [0.25, 0.3) is 11.8 Å². The molecule has 19 nitrogen and oxygen atoms in total. The molecular weight excluding hydrogens is 891 g/mol. The minimum Gasteiger partial charge on any atom is -0.491 e. The van der Waals surface area contributed by atoms with Crippen LogP contribution in [-0.4, -0.2) is 108 Å². The van der Waals surface area contributed by atoms with Crippen LogP contribution in [0.25, 0.3) is 23.4 Å². The van der Waals surface area contributed by atoms with Crippen molar-refractivity contribution in [2.24, 2.45) is 0 Å². The zero-order chi connectivity index (χ0) is 46.3. The summed E-state index contributed by atoms with van der Waals surface area (Å²) in [5.41, 5.74) is 2.95. The van der Waals surface area contributed by atoms with Gasteiger partial charge >= 0.3 is 6.09 Å². The van der Waals surface area contributed by atoms with E-state index in [2.05, 4.69) is 41.3 Å². The van der Waals surface area contributed by atoms with Gasteiger partial charge in [-0.1, -0.05) is 23.2 Å². The number of rotatable bonds is 12. The maximum Gasteiger partial charge on any atom is 0.416 e. The summed E-state index contributed by atoms with van der Waals surface area (Å²) in [4.78, 5) is 72.8. The third-order valence-electron chi connectivity index (χ3n) is 11.1. The summed E-state index contributed by atoms with van der Waals surface area (Å²) in [6.07, 6.45) is 12.4. The first-order chi connectivity index (χ1) is 31.6. The first kappa shape index (κ1) is 44.6. The van der Waals surface area contributed by atoms with Crippen molar-refractivity contribution in [3.63, 3.8) is 0 Å². The van der Waals surface area contributed by atoms with Crippen LogP contribution in [-0.2, 0) is 23.9 Å². The molecule has 5 aromatic rings. The Hall–Kier alpha value is -6.57. The Morgan fingerprint density at radius 1 is 0.864 bits per heavy atom. The highest BCUT2D eigenvalue weighted by Crippen LogP contribution is 2.36. The van der Waals surface area contributed by atoms with Gasteiger partial charge in [-0.2, -0.15) is 19.2 Å². The monoisotopic (exact) mass is 938 g/mol. The van der Waals surface area contributed by atoms with Crippen LogP contribution < -0.4 is 30.9 Å². The number of carbonyl (C=O) groups excluding carboxylic acids is 5. The van der Waals surface area contributed by atoms with E-state index in [1.807, 2.05) is 24.3 Å². The molecule has 4 N–H and O–H groups in total. The topological polar surface area (TPSA) is 219 Å². The number of hydrogen-bond donors (Lipinski definition) is 4. The van der Waals surface area contributed by atoms with Gasteiger partial charge in [0.1, 0.15) is 40.6 Å². The largest absolute Gasteiger partial charge is 0.491 e. The Labute approximate surface area is 388 Å². The van der Waals surface area contributed by atoms with Crippen LogP contribution in [0, 0.1) is 0 Å². The number of fused-ring (bicyclic) bond motifs is 2. The zero-order valence-electron chi connectivity index (χ0n) is 36.5. The quantitative estimate of drug-likeness (QED) is 0.0612. The lowest BCUT2D eigenvalue weighted by molar-refractivity contribution is -0.125. The Morgan fingerprint density at radius 2 is 1.50 bits per heavy atom. The van der Waals surface area contributed by atoms with Crippen molar-refractivity contribution in [2.45, 2.75) is 89.8 Å². The average Bonchev–Trinajstić information content (AvgIpc) is 3.99. The molecule has 66 heavy (non-hydrogen) atoms. The van der Waals surface area contributed by atoms with Gasteiger partial charge in [-0.3, -0.25) is 39.6 Å². The third kappa shape index (κ3) is 10.4. The van der Waals surface area contributed by atoms with Crippen LogP contribution in [0.1, 0.15) is 83.3 Å². The Morgan fingerprint density at radius 3 is 2.08 bits per heavy atom. The van der Waals surface area contributed by atoms with Crippen molar-refractivity contribution in [1.29, 1.82) is 0 Å². The van der Waals surface area contributed by atoms with E-state index in [4.69, 9.17) is 37.7 Å². The summed E-state index contributed by atoms with van der Waals surface area (Å²) in [6, 6.07) is 9.44. The lowest BCUT2D eigenvalue weighted by Crippen LogP contribution is -2.39. The van der Waals surface area contributed by atoms with Crippen molar-refractivity contribution < 1.29 is 33.4 Å². The van der Waals surface area contributed by atoms with Crippen molar-refractivity contribution in [3.05, 3.63) is 75.2 Å². The van der Waals surface area contributed by atoms with Crippen molar-refractivity contribution in [3.8, 4) is 5.75 Å². The van der Waals surface area contributed by atoms with E-state index in [1.165, 1.54) is 23.6 Å². The number of nitrogens with zero attached hydrogens (tertiary/aromatic N) is 8. The normalized spacial score (nSPS) is 18.8. The predicted molar refractivity (Wildman–Crippen MR) is 247 cm³/mol. The van der Waals surface area contributed by atoms with Crippen molar-refractivity contribution in [1.82, 2.24) is 44.7 Å². The minimum absolute atomic E-state index is 0.00393. The standard InChI is InChI=1S/C26H28ClN7O3.C19H20ClN5O4/c27-20-13-19(5-6-21(20)37-10-9-33-7-1-2-8-33)29-22-14-23(30-18-3-4-18)34-25(31-22)17(15-28-34)11-16-12-24(35)32-26(16)36;1-19(2,3)29-18(28)24(12-4-5-12)15-8-13(20)22-16-11(9-21-25(15)16)6-10-7-14(26)23-17(10)27/h5-6,11,13-15,18,30H,1-4,7-10,12H2,(H,29,31)(H,32,35,36);6,8-9,12H,4-5,7H2,1-3H3,(H,23,26,27)/b16-11+;10-6+. The Kier molecular flexibility index (Phi) is 12.4. The van der Waals surface area contributed by atoms with Crippen LogP contribution in [0.2, 0.25) is 10.2 Å². The molecule has 21 heteroatoms. The van der Waals surface area contributed by atoms with E-state index in [-0.39, 0.29) is 41.8 Å². The number of halogens is 2. The number of nitrogens with one attached hydrogen (secondary N) is 4. The van der Waals surface area contributed by atoms with Crippen LogP contribution in [0.3, 0.4) is 0 Å². The fraction of sp³-hybridized carbons (Fsp3) is 0.400. The minimum atomic E-state index is -0.651. The molecular formula is C45H48Cl2N12O7. The van der Waals surface area contributed by atoms with E-state index < -0.39 is 17.6 Å². The molecule has 5 amide bonds. The summed E-state index contributed by atoms with van der Waals surface area (Å²) in [7, 11) is 0. The van der Waals surface area contributed by atoms with E-state index in [9.17, 15) is 24.0 Å². The number of imide groups is 2. The SMILES string of the molecule is CC(C)(C)OC(=O)N(c1cc(Cl)nc2c(/C=C3\CC(=O)NC3=O)cnn12)C1CC1.O=C1C/C(=C\c2cnn3c(NC4CC4)cc(Nc4ccc(OCCN5CCCC5)c(Cl)c4)nc23)C(=O)N1. The number of benzene rings is 1. The predicted octanol–water partition coefficient (Wildman–Crippen LogP) is 6.32. The molecule has 344 valence electrons. The fourth-order valence-corrected chi connectivity index (χ4v) is 8.13. The second-order valence-electron chi connectivity index (χ2n) is 17.7. The highest BCUT2D eigenvalue weighted by atomic mass is 35.5. The van der Waals surface area contributed by atoms with Crippen LogP contribution >= 0.6 is 23.2 Å². The molecule has 10 rings (SSSR count). The summed E-state index contributed by atoms with van der Waals surface area (Å²) < 4.78 is 14.7. The van der Waals surface area contributed by atoms with Gasteiger partial charge in [0.05, 0.1) is 30.3 Å². The lowest BCUT2D eigenvalue weighted by atomic mass is 10.1. The second-order valence-corrected chi connectivity index (χ2v) is 18.5. The van der Waals surface area contributed by atoms with Crippen LogP contribution in [0.5, 0.6) is 5.75 Å². The van der Waals surface area contributed by atoms with Gasteiger partial charge in [0.2, 0.25) is 11.8 Å². The zero-order valence-corrected chi connectivity index (χ0v) is 38.0. The molecule has 3 saturated heterocycles. The van der Waals surface area contributed by atoms with Crippen LogP contribution in [0.15, 0.2) is 53.9 Å². The summed E-state index contributed by atoms with van der Waals surface area (Å²) >= 11 is 12.8. The molecule has 0 unspecified atom stereocenters. The van der Waals surface area contributed by atoms with E-state index in [1.54, 1.807) is 54.6 Å². The molecule has 2 aliphatic carbocycles. The van der Waals surface area contributed by atoms with Crippen molar-refractivity contribution in [2.75, 3.05) is 41.8 Å².